The molecule has 0 spiro atoms. The number of imidazole rings is 1. The number of likely N-dealkylation sites (tertiary alicyclic amines) is 1. The van der Waals surface area contributed by atoms with E-state index in [4.69, 9.17) is 11.6 Å². The molecule has 0 bridgehead atoms. The maximum atomic E-state index is 12.8. The highest BCUT2D eigenvalue weighted by molar-refractivity contribution is 6.31. The van der Waals surface area contributed by atoms with Gasteiger partial charge in [-0.2, -0.15) is 0 Å². The Kier molecular flexibility index (Phi) is 3.88. The molecule has 1 atom stereocenters. The molecule has 130 valence electrons. The number of nitrogens with zero attached hydrogens (tertiary/aromatic N) is 2. The number of hydrogen-bond donors (Lipinski definition) is 3. The quantitative estimate of drug-likeness (QED) is 0.670. The number of carbonyl (C=O) groups excluding carboxylic acids is 1. The third-order valence-corrected chi connectivity index (χ3v) is 5.00. The van der Waals surface area contributed by atoms with E-state index in [1.807, 2.05) is 17.0 Å². The lowest BCUT2D eigenvalue weighted by molar-refractivity contribution is -0.131. The summed E-state index contributed by atoms with van der Waals surface area (Å²) in [7, 11) is 0. The first-order chi connectivity index (χ1) is 12.0. The van der Waals surface area contributed by atoms with E-state index in [0.717, 1.165) is 29.7 Å². The molecule has 3 heterocycles. The van der Waals surface area contributed by atoms with Crippen molar-refractivity contribution in [2.24, 2.45) is 0 Å². The zero-order valence-corrected chi connectivity index (χ0v) is 14.5. The van der Waals surface area contributed by atoms with Crippen LogP contribution in [0.2, 0.25) is 5.02 Å². The average Bonchev–Trinajstić information content (AvgIpc) is 3.28. The Balaban J connectivity index is 1.61. The maximum Gasteiger partial charge on any atom is 0.267 e. The predicted molar refractivity (Wildman–Crippen MR) is 94.6 cm³/mol. The molecule has 2 aromatic heterocycles. The molecule has 7 nitrogen and oxygen atoms in total. The van der Waals surface area contributed by atoms with Crippen LogP contribution >= 0.6 is 11.6 Å². The highest BCUT2D eigenvalue weighted by Crippen LogP contribution is 2.32. The Morgan fingerprint density at radius 2 is 2.24 bits per heavy atom. The van der Waals surface area contributed by atoms with Gasteiger partial charge in [-0.1, -0.05) is 11.6 Å². The number of carbonyl (C=O) groups is 1. The van der Waals surface area contributed by atoms with Crippen molar-refractivity contribution in [1.82, 2.24) is 25.1 Å². The van der Waals surface area contributed by atoms with Crippen molar-refractivity contribution >= 4 is 28.5 Å². The van der Waals surface area contributed by atoms with Crippen molar-refractivity contribution in [2.45, 2.75) is 32.2 Å². The molecule has 0 aliphatic carbocycles. The first-order valence-corrected chi connectivity index (χ1v) is 8.61. The van der Waals surface area contributed by atoms with Crippen molar-refractivity contribution in [2.75, 3.05) is 6.54 Å². The molecule has 1 aromatic carbocycles. The summed E-state index contributed by atoms with van der Waals surface area (Å²) in [6, 6.07) is 5.39. The number of benzene rings is 1. The topological polar surface area (TPSA) is 97.6 Å². The van der Waals surface area contributed by atoms with E-state index in [1.165, 1.54) is 0 Å². The third-order valence-electron chi connectivity index (χ3n) is 4.77. The van der Waals surface area contributed by atoms with Crippen molar-refractivity contribution < 1.29 is 4.79 Å². The van der Waals surface area contributed by atoms with Crippen molar-refractivity contribution in [3.63, 3.8) is 0 Å². The molecule has 25 heavy (non-hydrogen) atoms. The van der Waals surface area contributed by atoms with E-state index in [2.05, 4.69) is 20.2 Å². The molecule has 8 heteroatoms. The van der Waals surface area contributed by atoms with Crippen LogP contribution in [0, 0.1) is 6.92 Å². The largest absolute Gasteiger partial charge is 0.340 e. The van der Waals surface area contributed by atoms with Crippen molar-refractivity contribution in [3.05, 3.63) is 50.7 Å². The van der Waals surface area contributed by atoms with Gasteiger partial charge in [0.15, 0.2) is 0 Å². The Hall–Kier alpha value is -2.54. The normalized spacial score (nSPS) is 17.5. The lowest BCUT2D eigenvalue weighted by atomic mass is 10.1. The first kappa shape index (κ1) is 16.0. The van der Waals surface area contributed by atoms with Gasteiger partial charge >= 0.3 is 0 Å². The van der Waals surface area contributed by atoms with E-state index < -0.39 is 0 Å². The van der Waals surface area contributed by atoms with E-state index in [9.17, 15) is 9.59 Å². The fourth-order valence-electron chi connectivity index (χ4n) is 3.45. The van der Waals surface area contributed by atoms with Gasteiger partial charge < -0.3 is 15.0 Å². The maximum absolute atomic E-state index is 12.8. The molecule has 1 unspecified atom stereocenters. The minimum atomic E-state index is -0.236. The summed E-state index contributed by atoms with van der Waals surface area (Å²) in [6.07, 6.45) is 1.85. The second-order valence-electron chi connectivity index (χ2n) is 6.39. The average molecular weight is 360 g/mol. The molecule has 1 aliphatic rings. The summed E-state index contributed by atoms with van der Waals surface area (Å²) >= 11 is 6.03. The standard InChI is InChI=1S/C17H18ClN5O2/c1-9-11(17(25)22-21-9)8-15(24)23-6-2-3-14(23)16-19-12-5-4-10(18)7-13(12)20-16/h4-5,7,14H,2-3,6,8H2,1H3,(H,19,20)(H2,21,22,25). The number of aromatic nitrogens is 4. The number of amides is 1. The van der Waals surface area contributed by atoms with Crippen LogP contribution in [0.1, 0.15) is 36.0 Å². The number of aromatic amines is 3. The smallest absolute Gasteiger partial charge is 0.267 e. The van der Waals surface area contributed by atoms with Crippen molar-refractivity contribution in [1.29, 1.82) is 0 Å². The zero-order chi connectivity index (χ0) is 17.6. The summed E-state index contributed by atoms with van der Waals surface area (Å²) in [6.45, 7) is 2.45. The van der Waals surface area contributed by atoms with Crippen LogP contribution in [0.5, 0.6) is 0 Å². The Bertz CT molecular complexity index is 1000. The van der Waals surface area contributed by atoms with Crippen LogP contribution in [-0.2, 0) is 11.2 Å². The molecule has 3 aromatic rings. The monoisotopic (exact) mass is 359 g/mol. The molecule has 0 radical (unpaired) electrons. The van der Waals surface area contributed by atoms with Gasteiger partial charge in [0.2, 0.25) is 5.91 Å². The van der Waals surface area contributed by atoms with Gasteiger partial charge in [0.1, 0.15) is 5.82 Å². The van der Waals surface area contributed by atoms with Crippen molar-refractivity contribution in [3.8, 4) is 0 Å². The van der Waals surface area contributed by atoms with E-state index in [-0.39, 0.29) is 23.9 Å². The van der Waals surface area contributed by atoms with Gasteiger partial charge in [-0.3, -0.25) is 14.7 Å². The molecule has 4 rings (SSSR count). The molecule has 1 fully saturated rings. The molecule has 1 saturated heterocycles. The Labute approximate surface area is 148 Å². The van der Waals surface area contributed by atoms with Gasteiger partial charge in [-0.15, -0.1) is 0 Å². The second-order valence-corrected chi connectivity index (χ2v) is 6.82. The summed E-state index contributed by atoms with van der Waals surface area (Å²) in [5, 5.41) is 5.92. The minimum absolute atomic E-state index is 0.0609. The summed E-state index contributed by atoms with van der Waals surface area (Å²) < 4.78 is 0. The van der Waals surface area contributed by atoms with Gasteiger partial charge in [0.05, 0.1) is 23.5 Å². The number of halogens is 1. The lowest BCUT2D eigenvalue weighted by Crippen LogP contribution is -2.33. The SMILES string of the molecule is Cc1[nH][nH]c(=O)c1CC(=O)N1CCCC1c1nc2ccc(Cl)cc2[nH]1. The number of nitrogens with one attached hydrogen (secondary N) is 3. The number of fused-ring (bicyclic) bond motifs is 1. The van der Waals surface area contributed by atoms with E-state index >= 15 is 0 Å². The van der Waals surface area contributed by atoms with Crippen LogP contribution in [0.25, 0.3) is 11.0 Å². The van der Waals surface area contributed by atoms with E-state index in [1.54, 1.807) is 13.0 Å². The van der Waals surface area contributed by atoms with Gasteiger partial charge in [0.25, 0.3) is 5.56 Å². The Morgan fingerprint density at radius 3 is 3.00 bits per heavy atom. The zero-order valence-electron chi connectivity index (χ0n) is 13.7. The van der Waals surface area contributed by atoms with Crippen LogP contribution in [0.3, 0.4) is 0 Å². The molecule has 3 N–H and O–H groups in total. The lowest BCUT2D eigenvalue weighted by Gasteiger charge is -2.23. The van der Waals surface area contributed by atoms with Crippen LogP contribution in [-0.4, -0.2) is 37.5 Å². The summed E-state index contributed by atoms with van der Waals surface area (Å²) in [4.78, 5) is 34.3. The number of hydrogen-bond acceptors (Lipinski definition) is 3. The highest BCUT2D eigenvalue weighted by atomic mass is 35.5. The number of rotatable bonds is 3. The predicted octanol–water partition coefficient (Wildman–Crippen LogP) is 2.45. The van der Waals surface area contributed by atoms with Gasteiger partial charge in [0, 0.05) is 22.8 Å². The summed E-state index contributed by atoms with van der Waals surface area (Å²) in [5.74, 6) is 0.706. The second kappa shape index (κ2) is 6.07. The molecular weight excluding hydrogens is 342 g/mol. The number of aryl methyl sites for hydroxylation is 1. The number of H-pyrrole nitrogens is 3. The van der Waals surface area contributed by atoms with Crippen LogP contribution in [0.15, 0.2) is 23.0 Å². The van der Waals surface area contributed by atoms with Gasteiger partial charge in [-0.25, -0.2) is 4.98 Å². The molecule has 1 aliphatic heterocycles. The fourth-order valence-corrected chi connectivity index (χ4v) is 3.62. The van der Waals surface area contributed by atoms with E-state index in [0.29, 0.717) is 22.8 Å². The van der Waals surface area contributed by atoms with Gasteiger partial charge in [-0.05, 0) is 38.0 Å². The third kappa shape index (κ3) is 2.84. The fraction of sp³-hybridized carbons (Fsp3) is 0.353. The Morgan fingerprint density at radius 1 is 1.40 bits per heavy atom. The van der Waals surface area contributed by atoms with Crippen LogP contribution in [0.4, 0.5) is 0 Å². The molecular formula is C17H18ClN5O2. The minimum Gasteiger partial charge on any atom is -0.340 e. The molecule has 0 saturated carbocycles. The summed E-state index contributed by atoms with van der Waals surface area (Å²) in [5.41, 5.74) is 2.65. The highest BCUT2D eigenvalue weighted by Gasteiger charge is 2.32. The first-order valence-electron chi connectivity index (χ1n) is 8.23. The molecule has 1 amide bonds. The van der Waals surface area contributed by atoms with Crippen LogP contribution < -0.4 is 5.56 Å².